The zero-order chi connectivity index (χ0) is 14.8. The molecule has 2 heterocycles. The van der Waals surface area contributed by atoms with Crippen LogP contribution in [-0.2, 0) is 4.74 Å². The molecule has 0 aliphatic carbocycles. The summed E-state index contributed by atoms with van der Waals surface area (Å²) in [6.45, 7) is 3.34. The van der Waals surface area contributed by atoms with Crippen LogP contribution < -0.4 is 0 Å². The van der Waals surface area contributed by atoms with E-state index in [0.29, 0.717) is 30.5 Å². The van der Waals surface area contributed by atoms with Gasteiger partial charge >= 0.3 is 0 Å². The van der Waals surface area contributed by atoms with E-state index in [2.05, 4.69) is 0 Å². The van der Waals surface area contributed by atoms with Crippen molar-refractivity contribution in [2.45, 2.75) is 13.0 Å². The van der Waals surface area contributed by atoms with E-state index >= 15 is 0 Å². The minimum absolute atomic E-state index is 0.108. The summed E-state index contributed by atoms with van der Waals surface area (Å²) < 4.78 is 11.2. The van der Waals surface area contributed by atoms with E-state index in [1.165, 1.54) is 0 Å². The lowest BCUT2D eigenvalue weighted by Gasteiger charge is -2.33. The summed E-state index contributed by atoms with van der Waals surface area (Å²) in [6, 6.07) is 11.1. The molecule has 0 unspecified atom stereocenters. The van der Waals surface area contributed by atoms with Gasteiger partial charge in [-0.1, -0.05) is 29.8 Å². The monoisotopic (exact) mass is 305 g/mol. The molecule has 0 N–H and O–H groups in total. The van der Waals surface area contributed by atoms with Crippen LogP contribution in [0.25, 0.3) is 0 Å². The van der Waals surface area contributed by atoms with Crippen molar-refractivity contribution in [2.75, 3.05) is 19.7 Å². The van der Waals surface area contributed by atoms with Gasteiger partial charge in [0, 0.05) is 17.1 Å². The van der Waals surface area contributed by atoms with Gasteiger partial charge in [-0.05, 0) is 25.1 Å². The lowest BCUT2D eigenvalue weighted by molar-refractivity contribution is -0.0237. The van der Waals surface area contributed by atoms with Crippen LogP contribution in [0.15, 0.2) is 40.8 Å². The molecule has 21 heavy (non-hydrogen) atoms. The lowest BCUT2D eigenvalue weighted by atomic mass is 10.1. The molecule has 4 nitrogen and oxygen atoms in total. The number of carbonyl (C=O) groups excluding carboxylic acids is 1. The minimum atomic E-state index is -0.201. The summed E-state index contributed by atoms with van der Waals surface area (Å²) in [5, 5.41) is 0.658. The number of amides is 1. The van der Waals surface area contributed by atoms with Gasteiger partial charge in [0.2, 0.25) is 0 Å². The van der Waals surface area contributed by atoms with Crippen LogP contribution in [-0.4, -0.2) is 30.5 Å². The summed E-state index contributed by atoms with van der Waals surface area (Å²) in [5.74, 6) is 0.991. The number of rotatable bonds is 2. The van der Waals surface area contributed by atoms with Gasteiger partial charge in [0.1, 0.15) is 11.9 Å². The van der Waals surface area contributed by atoms with Gasteiger partial charge in [0.25, 0.3) is 5.91 Å². The van der Waals surface area contributed by atoms with E-state index in [4.69, 9.17) is 20.8 Å². The average Bonchev–Trinajstić information content (AvgIpc) is 2.94. The van der Waals surface area contributed by atoms with E-state index < -0.39 is 0 Å². The molecule has 1 amide bonds. The van der Waals surface area contributed by atoms with Gasteiger partial charge in [-0.25, -0.2) is 0 Å². The molecule has 1 aliphatic rings. The first kappa shape index (κ1) is 14.2. The Labute approximate surface area is 128 Å². The number of benzene rings is 1. The second-order valence-corrected chi connectivity index (χ2v) is 5.45. The Bertz CT molecular complexity index is 652. The minimum Gasteiger partial charge on any atom is -0.456 e. The Morgan fingerprint density at radius 2 is 2.10 bits per heavy atom. The van der Waals surface area contributed by atoms with Crippen LogP contribution in [0.3, 0.4) is 0 Å². The largest absolute Gasteiger partial charge is 0.456 e. The predicted octanol–water partition coefficient (Wildman–Crippen LogP) is 3.46. The van der Waals surface area contributed by atoms with Crippen molar-refractivity contribution < 1.29 is 13.9 Å². The van der Waals surface area contributed by atoms with E-state index in [9.17, 15) is 4.79 Å². The number of furan rings is 1. The maximum Gasteiger partial charge on any atom is 0.289 e. The summed E-state index contributed by atoms with van der Waals surface area (Å²) in [4.78, 5) is 14.2. The molecular weight excluding hydrogens is 290 g/mol. The van der Waals surface area contributed by atoms with Crippen LogP contribution in [0.5, 0.6) is 0 Å². The third-order valence-corrected chi connectivity index (χ3v) is 3.90. The van der Waals surface area contributed by atoms with Crippen molar-refractivity contribution in [1.29, 1.82) is 0 Å². The Morgan fingerprint density at radius 3 is 2.81 bits per heavy atom. The molecule has 0 spiro atoms. The topological polar surface area (TPSA) is 42.7 Å². The van der Waals surface area contributed by atoms with Crippen molar-refractivity contribution in [2.24, 2.45) is 0 Å². The fraction of sp³-hybridized carbons (Fsp3) is 0.312. The van der Waals surface area contributed by atoms with Crippen LogP contribution in [0.1, 0.15) is 28.0 Å². The first-order valence-electron chi connectivity index (χ1n) is 6.87. The van der Waals surface area contributed by atoms with Crippen LogP contribution in [0.2, 0.25) is 5.02 Å². The van der Waals surface area contributed by atoms with Gasteiger partial charge in [-0.3, -0.25) is 4.79 Å². The standard InChI is InChI=1S/C16H16ClNO3/c1-11-6-7-14(21-11)16(19)18-8-9-20-15(10-18)12-4-2-3-5-13(12)17/h2-7,15H,8-10H2,1H3/t15-/m1/s1. The summed E-state index contributed by atoms with van der Waals surface area (Å²) in [6.07, 6.45) is -0.201. The van der Waals surface area contributed by atoms with E-state index in [0.717, 1.165) is 11.3 Å². The fourth-order valence-electron chi connectivity index (χ4n) is 2.46. The molecule has 0 radical (unpaired) electrons. The third-order valence-electron chi connectivity index (χ3n) is 3.56. The molecule has 3 rings (SSSR count). The van der Waals surface area contributed by atoms with Crippen LogP contribution in [0.4, 0.5) is 0 Å². The van der Waals surface area contributed by atoms with Gasteiger partial charge in [-0.2, -0.15) is 0 Å². The molecule has 110 valence electrons. The molecule has 1 atom stereocenters. The highest BCUT2D eigenvalue weighted by Crippen LogP contribution is 2.28. The quantitative estimate of drug-likeness (QED) is 0.853. The zero-order valence-corrected chi connectivity index (χ0v) is 12.5. The molecule has 0 saturated carbocycles. The highest BCUT2D eigenvalue weighted by molar-refractivity contribution is 6.31. The van der Waals surface area contributed by atoms with Gasteiger partial charge in [0.05, 0.1) is 13.2 Å². The summed E-state index contributed by atoms with van der Waals surface area (Å²) in [7, 11) is 0. The molecule has 1 aliphatic heterocycles. The predicted molar refractivity (Wildman–Crippen MR) is 79.5 cm³/mol. The zero-order valence-electron chi connectivity index (χ0n) is 11.7. The van der Waals surface area contributed by atoms with E-state index in [1.54, 1.807) is 17.0 Å². The van der Waals surface area contributed by atoms with Gasteiger partial charge < -0.3 is 14.1 Å². The van der Waals surface area contributed by atoms with Crippen LogP contribution in [0, 0.1) is 6.92 Å². The summed E-state index contributed by atoms with van der Waals surface area (Å²) in [5.41, 5.74) is 0.910. The lowest BCUT2D eigenvalue weighted by Crippen LogP contribution is -2.42. The first-order valence-corrected chi connectivity index (χ1v) is 7.24. The van der Waals surface area contributed by atoms with Crippen molar-refractivity contribution >= 4 is 17.5 Å². The van der Waals surface area contributed by atoms with Gasteiger partial charge in [0.15, 0.2) is 5.76 Å². The fourth-order valence-corrected chi connectivity index (χ4v) is 2.72. The first-order chi connectivity index (χ1) is 10.1. The highest BCUT2D eigenvalue weighted by Gasteiger charge is 2.28. The number of ether oxygens (including phenoxy) is 1. The second kappa shape index (κ2) is 5.92. The normalized spacial score (nSPS) is 18.8. The number of morpholine rings is 1. The summed E-state index contributed by atoms with van der Waals surface area (Å²) >= 11 is 6.20. The molecule has 5 heteroatoms. The van der Waals surface area contributed by atoms with Crippen molar-refractivity contribution in [3.8, 4) is 0 Å². The Kier molecular flexibility index (Phi) is 3.99. The molecular formula is C16H16ClNO3. The SMILES string of the molecule is Cc1ccc(C(=O)N2CCO[C@@H](c3ccccc3Cl)C2)o1. The number of nitrogens with zero attached hydrogens (tertiary/aromatic N) is 1. The Hall–Kier alpha value is -1.78. The smallest absolute Gasteiger partial charge is 0.289 e. The second-order valence-electron chi connectivity index (χ2n) is 5.04. The van der Waals surface area contributed by atoms with E-state index in [1.807, 2.05) is 31.2 Å². The number of aryl methyl sites for hydroxylation is 1. The number of halogens is 1. The molecule has 0 bridgehead atoms. The molecule has 1 saturated heterocycles. The number of hydrogen-bond acceptors (Lipinski definition) is 3. The highest BCUT2D eigenvalue weighted by atomic mass is 35.5. The molecule has 1 fully saturated rings. The molecule has 1 aromatic heterocycles. The molecule has 1 aromatic carbocycles. The Balaban J connectivity index is 1.77. The average molecular weight is 306 g/mol. The maximum absolute atomic E-state index is 12.4. The van der Waals surface area contributed by atoms with Gasteiger partial charge in [-0.15, -0.1) is 0 Å². The van der Waals surface area contributed by atoms with Crippen molar-refractivity contribution in [3.63, 3.8) is 0 Å². The van der Waals surface area contributed by atoms with E-state index in [-0.39, 0.29) is 12.0 Å². The maximum atomic E-state index is 12.4. The van der Waals surface area contributed by atoms with Crippen LogP contribution >= 0.6 is 11.6 Å². The Morgan fingerprint density at radius 1 is 1.29 bits per heavy atom. The molecule has 2 aromatic rings. The van der Waals surface area contributed by atoms with Crippen molar-refractivity contribution in [3.05, 3.63) is 58.5 Å². The number of carbonyl (C=O) groups is 1. The number of hydrogen-bond donors (Lipinski definition) is 0. The third kappa shape index (κ3) is 2.96. The van der Waals surface area contributed by atoms with Crippen molar-refractivity contribution in [1.82, 2.24) is 4.90 Å².